The van der Waals surface area contributed by atoms with E-state index >= 15 is 0 Å². The van der Waals surface area contributed by atoms with Crippen LogP contribution < -0.4 is 5.73 Å². The zero-order valence-electron chi connectivity index (χ0n) is 10.6. The zero-order valence-corrected chi connectivity index (χ0v) is 10.6. The minimum Gasteiger partial charge on any atom is -0.328 e. The van der Waals surface area contributed by atoms with Crippen molar-refractivity contribution in [2.75, 3.05) is 0 Å². The van der Waals surface area contributed by atoms with Gasteiger partial charge < -0.3 is 5.73 Å². The fourth-order valence-electron chi connectivity index (χ4n) is 3.05. The zero-order chi connectivity index (χ0) is 13.6. The maximum absolute atomic E-state index is 12.6. The average Bonchev–Trinajstić information content (AvgIpc) is 2.58. The van der Waals surface area contributed by atoms with Gasteiger partial charge in [-0.05, 0) is 54.9 Å². The Morgan fingerprint density at radius 2 is 2.00 bits per heavy atom. The largest absolute Gasteiger partial charge is 0.416 e. The number of aryl methyl sites for hydroxylation is 1. The maximum Gasteiger partial charge on any atom is 0.416 e. The molecule has 1 fully saturated rings. The number of hydrogen-bond donors (Lipinski definition) is 1. The summed E-state index contributed by atoms with van der Waals surface area (Å²) in [7, 11) is 0. The topological polar surface area (TPSA) is 26.0 Å². The van der Waals surface area contributed by atoms with Gasteiger partial charge in [0, 0.05) is 6.04 Å². The van der Waals surface area contributed by atoms with Crippen molar-refractivity contribution in [1.29, 1.82) is 0 Å². The van der Waals surface area contributed by atoms with Crippen molar-refractivity contribution in [1.82, 2.24) is 0 Å². The van der Waals surface area contributed by atoms with E-state index in [-0.39, 0.29) is 11.5 Å². The second-order valence-electron chi connectivity index (χ2n) is 5.59. The second-order valence-corrected chi connectivity index (χ2v) is 5.59. The first-order chi connectivity index (χ1) is 8.22. The van der Waals surface area contributed by atoms with Crippen molar-refractivity contribution in [3.8, 4) is 0 Å². The Balaban J connectivity index is 2.36. The molecule has 2 unspecified atom stereocenters. The molecule has 2 N–H and O–H groups in total. The second kappa shape index (κ2) is 4.26. The lowest BCUT2D eigenvalue weighted by molar-refractivity contribution is -0.137. The maximum atomic E-state index is 12.6. The predicted octanol–water partition coefficient (Wildman–Crippen LogP) is 3.78. The van der Waals surface area contributed by atoms with Gasteiger partial charge in [0.1, 0.15) is 0 Å². The highest BCUT2D eigenvalue weighted by molar-refractivity contribution is 5.38. The molecule has 2 rings (SSSR count). The molecule has 0 amide bonds. The van der Waals surface area contributed by atoms with E-state index < -0.39 is 11.7 Å². The molecular formula is C14H18F3N. The molecule has 0 heterocycles. The minimum atomic E-state index is -4.27. The summed E-state index contributed by atoms with van der Waals surface area (Å²) in [4.78, 5) is 0. The van der Waals surface area contributed by atoms with Gasteiger partial charge in [-0.15, -0.1) is 0 Å². The Bertz CT molecular complexity index is 453. The third-order valence-electron chi connectivity index (χ3n) is 3.98. The van der Waals surface area contributed by atoms with E-state index in [1.165, 1.54) is 12.1 Å². The number of nitrogens with two attached hydrogens (primary N) is 1. The van der Waals surface area contributed by atoms with Crippen molar-refractivity contribution in [3.63, 3.8) is 0 Å². The summed E-state index contributed by atoms with van der Waals surface area (Å²) in [6, 6.07) is 4.20. The summed E-state index contributed by atoms with van der Waals surface area (Å²) in [5.41, 5.74) is 6.98. The standard InChI is InChI=1S/C14H18F3N/c1-9-7-10(14(15,16)17)3-4-12(9)13(2)6-5-11(18)8-13/h3-4,7,11H,5-6,8,18H2,1-2H3. The van der Waals surface area contributed by atoms with E-state index in [4.69, 9.17) is 5.73 Å². The van der Waals surface area contributed by atoms with E-state index in [1.54, 1.807) is 13.0 Å². The number of hydrogen-bond acceptors (Lipinski definition) is 1. The number of alkyl halides is 3. The quantitative estimate of drug-likeness (QED) is 0.814. The molecular weight excluding hydrogens is 239 g/mol. The molecule has 0 spiro atoms. The normalized spacial score (nSPS) is 28.7. The van der Waals surface area contributed by atoms with Crippen LogP contribution in [-0.2, 0) is 11.6 Å². The highest BCUT2D eigenvalue weighted by Crippen LogP contribution is 2.42. The fourth-order valence-corrected chi connectivity index (χ4v) is 3.05. The van der Waals surface area contributed by atoms with Gasteiger partial charge in [0.05, 0.1) is 5.56 Å². The van der Waals surface area contributed by atoms with Gasteiger partial charge in [-0.2, -0.15) is 13.2 Å². The van der Waals surface area contributed by atoms with Crippen LogP contribution >= 0.6 is 0 Å². The van der Waals surface area contributed by atoms with Crippen LogP contribution in [0.5, 0.6) is 0 Å². The molecule has 0 bridgehead atoms. The lowest BCUT2D eigenvalue weighted by Crippen LogP contribution is -2.23. The summed E-state index contributed by atoms with van der Waals surface area (Å²) in [5.74, 6) is 0. The van der Waals surface area contributed by atoms with Crippen molar-refractivity contribution in [2.45, 2.75) is 50.7 Å². The molecule has 0 aliphatic heterocycles. The fraction of sp³-hybridized carbons (Fsp3) is 0.571. The number of halogens is 3. The molecule has 1 nitrogen and oxygen atoms in total. The minimum absolute atomic E-state index is 0.0758. The molecule has 2 atom stereocenters. The Labute approximate surface area is 105 Å². The molecule has 1 aliphatic rings. The smallest absolute Gasteiger partial charge is 0.328 e. The molecule has 1 aromatic rings. The van der Waals surface area contributed by atoms with Gasteiger partial charge >= 0.3 is 6.18 Å². The summed E-state index contributed by atoms with van der Waals surface area (Å²) in [5, 5.41) is 0. The molecule has 4 heteroatoms. The van der Waals surface area contributed by atoms with Gasteiger partial charge in [-0.3, -0.25) is 0 Å². The first-order valence-electron chi connectivity index (χ1n) is 6.16. The van der Waals surface area contributed by atoms with Gasteiger partial charge in [-0.25, -0.2) is 0 Å². The third kappa shape index (κ3) is 2.39. The monoisotopic (exact) mass is 257 g/mol. The Hall–Kier alpha value is -1.03. The Kier molecular flexibility index (Phi) is 3.18. The van der Waals surface area contributed by atoms with E-state index in [0.717, 1.165) is 24.8 Å². The van der Waals surface area contributed by atoms with E-state index in [1.807, 2.05) is 0 Å². The molecule has 1 aliphatic carbocycles. The van der Waals surface area contributed by atoms with Gasteiger partial charge in [0.15, 0.2) is 0 Å². The highest BCUT2D eigenvalue weighted by atomic mass is 19.4. The van der Waals surface area contributed by atoms with Crippen LogP contribution in [0.4, 0.5) is 13.2 Å². The van der Waals surface area contributed by atoms with Crippen LogP contribution in [0.1, 0.15) is 42.9 Å². The van der Waals surface area contributed by atoms with Crippen LogP contribution in [-0.4, -0.2) is 6.04 Å². The van der Waals surface area contributed by atoms with Crippen molar-refractivity contribution in [3.05, 3.63) is 34.9 Å². The lowest BCUT2D eigenvalue weighted by Gasteiger charge is -2.27. The molecule has 0 saturated heterocycles. The molecule has 0 radical (unpaired) electrons. The average molecular weight is 257 g/mol. The third-order valence-corrected chi connectivity index (χ3v) is 3.98. The molecule has 1 saturated carbocycles. The van der Waals surface area contributed by atoms with Crippen molar-refractivity contribution in [2.24, 2.45) is 5.73 Å². The first kappa shape index (κ1) is 13.4. The Morgan fingerprint density at radius 1 is 1.33 bits per heavy atom. The van der Waals surface area contributed by atoms with Crippen LogP contribution in [0.15, 0.2) is 18.2 Å². The summed E-state index contributed by atoms with van der Waals surface area (Å²) >= 11 is 0. The summed E-state index contributed by atoms with van der Waals surface area (Å²) in [6.07, 6.45) is -1.53. The van der Waals surface area contributed by atoms with Gasteiger partial charge in [0.2, 0.25) is 0 Å². The molecule has 0 aromatic heterocycles. The lowest BCUT2D eigenvalue weighted by atomic mass is 9.78. The van der Waals surface area contributed by atoms with E-state index in [9.17, 15) is 13.2 Å². The molecule has 18 heavy (non-hydrogen) atoms. The Morgan fingerprint density at radius 3 is 2.44 bits per heavy atom. The first-order valence-corrected chi connectivity index (χ1v) is 6.16. The summed E-state index contributed by atoms with van der Waals surface area (Å²) < 4.78 is 37.8. The SMILES string of the molecule is Cc1cc(C(F)(F)F)ccc1C1(C)CCC(N)C1. The van der Waals surface area contributed by atoms with Crippen LogP contribution in [0.3, 0.4) is 0 Å². The summed E-state index contributed by atoms with van der Waals surface area (Å²) in [6.45, 7) is 3.84. The highest BCUT2D eigenvalue weighted by Gasteiger charge is 2.37. The van der Waals surface area contributed by atoms with E-state index in [2.05, 4.69) is 6.92 Å². The van der Waals surface area contributed by atoms with Crippen LogP contribution in [0.25, 0.3) is 0 Å². The number of rotatable bonds is 1. The van der Waals surface area contributed by atoms with E-state index in [0.29, 0.717) is 5.56 Å². The predicted molar refractivity (Wildman–Crippen MR) is 65.4 cm³/mol. The molecule has 100 valence electrons. The van der Waals surface area contributed by atoms with Crippen LogP contribution in [0, 0.1) is 6.92 Å². The van der Waals surface area contributed by atoms with Gasteiger partial charge in [-0.1, -0.05) is 13.0 Å². The van der Waals surface area contributed by atoms with Gasteiger partial charge in [0.25, 0.3) is 0 Å². The van der Waals surface area contributed by atoms with Crippen molar-refractivity contribution >= 4 is 0 Å². The molecule has 1 aromatic carbocycles. The van der Waals surface area contributed by atoms with Crippen molar-refractivity contribution < 1.29 is 13.2 Å². The van der Waals surface area contributed by atoms with Crippen LogP contribution in [0.2, 0.25) is 0 Å². The number of benzene rings is 1.